The summed E-state index contributed by atoms with van der Waals surface area (Å²) in [4.78, 5) is 25.0. The van der Waals surface area contributed by atoms with Crippen molar-refractivity contribution < 1.29 is 23.8 Å². The summed E-state index contributed by atoms with van der Waals surface area (Å²) in [5.74, 6) is 0.902. The van der Waals surface area contributed by atoms with Gasteiger partial charge in [0.25, 0.3) is 0 Å². The lowest BCUT2D eigenvalue weighted by Crippen LogP contribution is -2.24. The molecule has 0 atom stereocenters. The molecule has 2 aromatic rings. The first-order chi connectivity index (χ1) is 13.0. The van der Waals surface area contributed by atoms with Crippen LogP contribution in [-0.2, 0) is 27.2 Å². The maximum atomic E-state index is 11.7. The minimum absolute atomic E-state index is 0.180. The molecule has 27 heavy (non-hydrogen) atoms. The second-order valence-corrected chi connectivity index (χ2v) is 6.13. The predicted molar refractivity (Wildman–Crippen MR) is 100 cm³/mol. The van der Waals surface area contributed by atoms with E-state index < -0.39 is 0 Å². The summed E-state index contributed by atoms with van der Waals surface area (Å²) in [6, 6.07) is 12.5. The van der Waals surface area contributed by atoms with E-state index in [4.69, 9.17) is 22.1 Å². The molecule has 1 amide bonds. The maximum absolute atomic E-state index is 11.7. The predicted octanol–water partition coefficient (Wildman–Crippen LogP) is 2.33. The number of amides is 1. The third-order valence-corrected chi connectivity index (χ3v) is 4.07. The largest absolute Gasteiger partial charge is 0.466 e. The van der Waals surface area contributed by atoms with E-state index in [1.807, 2.05) is 12.1 Å². The molecule has 2 aromatic carbocycles. The molecule has 7 heteroatoms. The molecule has 1 heterocycles. The second-order valence-electron chi connectivity index (χ2n) is 6.13. The van der Waals surface area contributed by atoms with E-state index in [0.29, 0.717) is 43.3 Å². The van der Waals surface area contributed by atoms with E-state index in [2.05, 4.69) is 0 Å². The first kappa shape index (κ1) is 18.8. The Morgan fingerprint density at radius 3 is 2.85 bits per heavy atom. The third kappa shape index (κ3) is 5.03. The highest BCUT2D eigenvalue weighted by atomic mass is 16.6. The number of rotatable bonds is 7. The van der Waals surface area contributed by atoms with Gasteiger partial charge in [0.05, 0.1) is 26.1 Å². The summed E-state index contributed by atoms with van der Waals surface area (Å²) in [7, 11) is 5.90. The number of hydrogen-bond acceptors (Lipinski definition) is 5. The molecule has 0 aromatic heterocycles. The molecule has 3 rings (SSSR count). The zero-order chi connectivity index (χ0) is 19.2. The monoisotopic (exact) mass is 365 g/mol. The van der Waals surface area contributed by atoms with Crippen LogP contribution in [0, 0.1) is 0 Å². The van der Waals surface area contributed by atoms with Gasteiger partial charge in [0, 0.05) is 5.56 Å². The third-order valence-electron chi connectivity index (χ3n) is 4.07. The van der Waals surface area contributed by atoms with Crippen LogP contribution >= 0.6 is 0 Å². The van der Waals surface area contributed by atoms with Gasteiger partial charge >= 0.3 is 12.1 Å². The van der Waals surface area contributed by atoms with E-state index in [0.717, 1.165) is 11.1 Å². The van der Waals surface area contributed by atoms with Gasteiger partial charge in [-0.25, -0.2) is 4.79 Å². The zero-order valence-electron chi connectivity index (χ0n) is 15.1. The molecule has 1 fully saturated rings. The highest BCUT2D eigenvalue weighted by Crippen LogP contribution is 2.27. The van der Waals surface area contributed by atoms with Gasteiger partial charge in [0.2, 0.25) is 0 Å². The first-order valence-corrected chi connectivity index (χ1v) is 8.77. The van der Waals surface area contributed by atoms with Crippen LogP contribution in [0.15, 0.2) is 42.5 Å². The molecule has 1 aliphatic heterocycles. The Labute approximate surface area is 159 Å². The van der Waals surface area contributed by atoms with E-state index >= 15 is 0 Å². The van der Waals surface area contributed by atoms with E-state index in [1.165, 1.54) is 0 Å². The Kier molecular flexibility index (Phi) is 6.01. The van der Waals surface area contributed by atoms with Gasteiger partial charge in [-0.2, -0.15) is 0 Å². The highest BCUT2D eigenvalue weighted by Gasteiger charge is 2.23. The number of nitrogens with zero attached hydrogens (tertiary/aromatic N) is 1. The standard InChI is InChI=1S/C20H20BNO5/c1-2-25-19(23)11-14-4-3-5-17(10-14)27-18-7-6-16(21)12-15(18)13-22-8-9-26-20(22)24/h3-7,10,12H,2,8-9,11,13H2,1H3. The molecular weight excluding hydrogens is 345 g/mol. The van der Waals surface area contributed by atoms with Crippen LogP contribution in [0.25, 0.3) is 0 Å². The van der Waals surface area contributed by atoms with Crippen LogP contribution in [-0.4, -0.2) is 44.6 Å². The summed E-state index contributed by atoms with van der Waals surface area (Å²) >= 11 is 0. The van der Waals surface area contributed by atoms with Gasteiger partial charge in [-0.15, -0.1) is 0 Å². The smallest absolute Gasteiger partial charge is 0.410 e. The SMILES string of the molecule is [B]c1ccc(Oc2cccc(CC(=O)OCC)c2)c(CN2CCOC2=O)c1. The van der Waals surface area contributed by atoms with Crippen LogP contribution in [0.2, 0.25) is 0 Å². The molecular formula is C20H20BNO5. The van der Waals surface area contributed by atoms with Crippen molar-refractivity contribution in [3.8, 4) is 11.5 Å². The molecule has 1 aliphatic rings. The van der Waals surface area contributed by atoms with Crippen LogP contribution in [0.5, 0.6) is 11.5 Å². The number of benzene rings is 2. The normalized spacial score (nSPS) is 13.4. The molecule has 0 bridgehead atoms. The lowest BCUT2D eigenvalue weighted by Gasteiger charge is -2.17. The Morgan fingerprint density at radius 2 is 2.11 bits per heavy atom. The fourth-order valence-electron chi connectivity index (χ4n) is 2.82. The molecule has 2 radical (unpaired) electrons. The summed E-state index contributed by atoms with van der Waals surface area (Å²) < 4.78 is 16.0. The Balaban J connectivity index is 1.77. The first-order valence-electron chi connectivity index (χ1n) is 8.77. The molecule has 0 N–H and O–H groups in total. The number of esters is 1. The van der Waals surface area contributed by atoms with Gasteiger partial charge in [-0.05, 0) is 30.7 Å². The van der Waals surface area contributed by atoms with Crippen molar-refractivity contribution in [2.75, 3.05) is 19.8 Å². The fraction of sp³-hybridized carbons (Fsp3) is 0.300. The van der Waals surface area contributed by atoms with Crippen molar-refractivity contribution in [1.29, 1.82) is 0 Å². The van der Waals surface area contributed by atoms with E-state index in [1.54, 1.807) is 42.2 Å². The second kappa shape index (κ2) is 8.62. The number of carbonyl (C=O) groups is 2. The van der Waals surface area contributed by atoms with Crippen LogP contribution in [0.3, 0.4) is 0 Å². The lowest BCUT2D eigenvalue weighted by atomic mass is 9.94. The van der Waals surface area contributed by atoms with Crippen LogP contribution in [0.4, 0.5) is 4.79 Å². The molecule has 6 nitrogen and oxygen atoms in total. The lowest BCUT2D eigenvalue weighted by molar-refractivity contribution is -0.142. The van der Waals surface area contributed by atoms with Crippen LogP contribution < -0.4 is 10.2 Å². The molecule has 0 spiro atoms. The molecule has 1 saturated heterocycles. The quantitative estimate of drug-likeness (QED) is 0.557. The van der Waals surface area contributed by atoms with Gasteiger partial charge in [-0.3, -0.25) is 4.79 Å². The van der Waals surface area contributed by atoms with Crippen molar-refractivity contribution in [1.82, 2.24) is 4.90 Å². The van der Waals surface area contributed by atoms with Crippen molar-refractivity contribution in [3.63, 3.8) is 0 Å². The zero-order valence-corrected chi connectivity index (χ0v) is 15.1. The number of ether oxygens (including phenoxy) is 3. The van der Waals surface area contributed by atoms with Gasteiger partial charge in [0.15, 0.2) is 0 Å². The van der Waals surface area contributed by atoms with Gasteiger partial charge in [-0.1, -0.05) is 29.7 Å². The van der Waals surface area contributed by atoms with E-state index in [-0.39, 0.29) is 18.5 Å². The minimum Gasteiger partial charge on any atom is -0.466 e. The minimum atomic E-state index is -0.347. The molecule has 0 saturated carbocycles. The molecule has 0 aliphatic carbocycles. The van der Waals surface area contributed by atoms with Crippen molar-refractivity contribution in [3.05, 3.63) is 53.6 Å². The summed E-state index contributed by atoms with van der Waals surface area (Å²) in [5.41, 5.74) is 2.16. The number of hydrogen-bond donors (Lipinski definition) is 0. The number of cyclic esters (lactones) is 1. The molecule has 0 unspecified atom stereocenters. The highest BCUT2D eigenvalue weighted by molar-refractivity contribution is 6.32. The molecule has 138 valence electrons. The summed E-state index contributed by atoms with van der Waals surface area (Å²) in [6.07, 6.45) is -0.168. The van der Waals surface area contributed by atoms with E-state index in [9.17, 15) is 9.59 Å². The Morgan fingerprint density at radius 1 is 1.26 bits per heavy atom. The number of carbonyl (C=O) groups excluding carboxylic acids is 2. The maximum Gasteiger partial charge on any atom is 0.410 e. The Bertz CT molecular complexity index is 839. The Hall–Kier alpha value is -2.96. The average Bonchev–Trinajstić information content (AvgIpc) is 3.03. The van der Waals surface area contributed by atoms with Crippen molar-refractivity contribution in [2.45, 2.75) is 19.9 Å². The summed E-state index contributed by atoms with van der Waals surface area (Å²) in [5, 5.41) is 0. The topological polar surface area (TPSA) is 65.1 Å². The van der Waals surface area contributed by atoms with Crippen LogP contribution in [0.1, 0.15) is 18.1 Å². The van der Waals surface area contributed by atoms with Crippen molar-refractivity contribution >= 4 is 25.4 Å². The van der Waals surface area contributed by atoms with Crippen molar-refractivity contribution in [2.24, 2.45) is 0 Å². The van der Waals surface area contributed by atoms with Gasteiger partial charge < -0.3 is 19.1 Å². The van der Waals surface area contributed by atoms with Gasteiger partial charge in [0.1, 0.15) is 26.0 Å². The fourth-order valence-corrected chi connectivity index (χ4v) is 2.82. The average molecular weight is 365 g/mol. The summed E-state index contributed by atoms with van der Waals surface area (Å²) in [6.45, 7) is 3.38.